The van der Waals surface area contributed by atoms with Crippen molar-refractivity contribution < 1.29 is 24.4 Å². The second-order valence-electron chi connectivity index (χ2n) is 4.98. The van der Waals surface area contributed by atoms with Crippen LogP contribution in [0.4, 0.5) is 5.69 Å². The van der Waals surface area contributed by atoms with E-state index in [1.807, 2.05) is 0 Å². The van der Waals surface area contributed by atoms with Crippen LogP contribution in [0, 0.1) is 10.1 Å². The maximum Gasteiger partial charge on any atom is 0.339 e. The van der Waals surface area contributed by atoms with Crippen molar-refractivity contribution in [3.63, 3.8) is 0 Å². The van der Waals surface area contributed by atoms with E-state index >= 15 is 0 Å². The molecular formula is C17H13ClN2O6. The number of hydrogen-bond acceptors (Lipinski definition) is 6. The van der Waals surface area contributed by atoms with Crippen molar-refractivity contribution in [1.82, 2.24) is 4.98 Å². The number of carboxylic acid groups (broad SMARTS) is 1. The predicted molar refractivity (Wildman–Crippen MR) is 94.2 cm³/mol. The molecule has 0 saturated carbocycles. The van der Waals surface area contributed by atoms with Gasteiger partial charge in [-0.15, -0.1) is 0 Å². The number of nitro benzene ring substituents is 1. The normalized spacial score (nSPS) is 10.7. The Kier molecular flexibility index (Phi) is 6.03. The summed E-state index contributed by atoms with van der Waals surface area (Å²) in [6.45, 7) is 1.78. The van der Waals surface area contributed by atoms with E-state index in [9.17, 15) is 24.8 Å². The molecule has 2 aromatic rings. The van der Waals surface area contributed by atoms with Crippen LogP contribution in [0.25, 0.3) is 12.2 Å². The van der Waals surface area contributed by atoms with Gasteiger partial charge in [0.15, 0.2) is 0 Å². The Morgan fingerprint density at radius 2 is 2.08 bits per heavy atom. The molecule has 9 heteroatoms. The van der Waals surface area contributed by atoms with Crippen LogP contribution in [0.15, 0.2) is 30.5 Å². The van der Waals surface area contributed by atoms with Crippen LogP contribution in [0.1, 0.15) is 38.9 Å². The van der Waals surface area contributed by atoms with Crippen LogP contribution in [0.3, 0.4) is 0 Å². The molecule has 2 rings (SSSR count). The number of rotatable bonds is 6. The monoisotopic (exact) mass is 376 g/mol. The van der Waals surface area contributed by atoms with E-state index < -0.39 is 16.9 Å². The van der Waals surface area contributed by atoms with Gasteiger partial charge in [-0.3, -0.25) is 15.1 Å². The number of hydrogen-bond donors (Lipinski definition) is 1. The van der Waals surface area contributed by atoms with E-state index in [0.29, 0.717) is 5.56 Å². The maximum atomic E-state index is 11.7. The highest BCUT2D eigenvalue weighted by molar-refractivity contribution is 6.32. The van der Waals surface area contributed by atoms with Gasteiger partial charge in [-0.25, -0.2) is 9.59 Å². The first-order valence-corrected chi connectivity index (χ1v) is 7.73. The molecule has 1 aromatic heterocycles. The van der Waals surface area contributed by atoms with Gasteiger partial charge in [-0.2, -0.15) is 0 Å². The van der Waals surface area contributed by atoms with E-state index in [4.69, 9.17) is 16.3 Å². The zero-order valence-corrected chi connectivity index (χ0v) is 14.3. The molecule has 0 atom stereocenters. The minimum absolute atomic E-state index is 0.00436. The Bertz CT molecular complexity index is 910. The van der Waals surface area contributed by atoms with Crippen molar-refractivity contribution in [2.75, 3.05) is 6.61 Å². The summed E-state index contributed by atoms with van der Waals surface area (Å²) < 4.78 is 4.81. The fourth-order valence-corrected chi connectivity index (χ4v) is 2.24. The Morgan fingerprint density at radius 1 is 1.35 bits per heavy atom. The molecule has 1 heterocycles. The van der Waals surface area contributed by atoms with E-state index in [1.54, 1.807) is 13.0 Å². The topological polar surface area (TPSA) is 120 Å². The van der Waals surface area contributed by atoms with Crippen molar-refractivity contribution in [2.45, 2.75) is 6.92 Å². The number of esters is 1. The van der Waals surface area contributed by atoms with Crippen LogP contribution in [0.5, 0.6) is 0 Å². The van der Waals surface area contributed by atoms with Crippen molar-refractivity contribution in [3.05, 3.63) is 68.0 Å². The van der Waals surface area contributed by atoms with Gasteiger partial charge in [0.2, 0.25) is 0 Å². The molecule has 0 aliphatic carbocycles. The minimum atomic E-state index is -1.27. The van der Waals surface area contributed by atoms with Crippen molar-refractivity contribution >= 4 is 41.4 Å². The third-order valence-corrected chi connectivity index (χ3v) is 3.58. The summed E-state index contributed by atoms with van der Waals surface area (Å²) in [4.78, 5) is 37.4. The molecule has 8 nitrogen and oxygen atoms in total. The summed E-state index contributed by atoms with van der Waals surface area (Å²) >= 11 is 5.75. The van der Waals surface area contributed by atoms with Crippen LogP contribution in [0.2, 0.25) is 5.02 Å². The maximum absolute atomic E-state index is 11.7. The smallest absolute Gasteiger partial charge is 0.339 e. The molecule has 1 aromatic carbocycles. The van der Waals surface area contributed by atoms with Crippen molar-refractivity contribution in [2.24, 2.45) is 0 Å². The average molecular weight is 377 g/mol. The number of carbonyl (C=O) groups excluding carboxylic acids is 1. The first-order valence-electron chi connectivity index (χ1n) is 7.36. The van der Waals surface area contributed by atoms with Crippen LogP contribution >= 0.6 is 11.6 Å². The molecule has 0 bridgehead atoms. The zero-order chi connectivity index (χ0) is 19.3. The lowest BCUT2D eigenvalue weighted by Crippen LogP contribution is -2.09. The highest BCUT2D eigenvalue weighted by Gasteiger charge is 2.16. The van der Waals surface area contributed by atoms with Gasteiger partial charge in [-0.05, 0) is 30.7 Å². The van der Waals surface area contributed by atoms with Crippen molar-refractivity contribution in [3.8, 4) is 0 Å². The molecule has 0 radical (unpaired) electrons. The summed E-state index contributed by atoms with van der Waals surface area (Å²) in [7, 11) is 0. The first-order chi connectivity index (χ1) is 12.3. The Balaban J connectivity index is 2.38. The number of ether oxygens (including phenoxy) is 1. The molecule has 26 heavy (non-hydrogen) atoms. The van der Waals surface area contributed by atoms with Gasteiger partial charge in [0.25, 0.3) is 5.69 Å². The fraction of sp³-hybridized carbons (Fsp3) is 0.118. The third-order valence-electron chi connectivity index (χ3n) is 3.26. The van der Waals surface area contributed by atoms with E-state index in [-0.39, 0.29) is 34.1 Å². The second-order valence-corrected chi connectivity index (χ2v) is 5.39. The molecule has 0 amide bonds. The molecule has 1 N–H and O–H groups in total. The SMILES string of the molecule is CCOC(=O)c1cnc(/C=C/c2ccc(Cl)c([N+](=O)[O-])c2)c(C(=O)O)c1. The number of aromatic carboxylic acids is 1. The van der Waals surface area contributed by atoms with Gasteiger partial charge in [0, 0.05) is 12.3 Å². The lowest BCUT2D eigenvalue weighted by atomic mass is 10.1. The van der Waals surface area contributed by atoms with Gasteiger partial charge in [0.05, 0.1) is 28.4 Å². The van der Waals surface area contributed by atoms with E-state index in [1.165, 1.54) is 30.5 Å². The summed E-state index contributed by atoms with van der Waals surface area (Å²) in [5.74, 6) is -1.95. The number of pyridine rings is 1. The molecule has 0 aliphatic heterocycles. The molecule has 0 spiro atoms. The van der Waals surface area contributed by atoms with E-state index in [0.717, 1.165) is 6.07 Å². The summed E-state index contributed by atoms with van der Waals surface area (Å²) in [5, 5.41) is 20.2. The summed E-state index contributed by atoms with van der Waals surface area (Å²) in [6, 6.07) is 5.33. The fourth-order valence-electron chi connectivity index (χ4n) is 2.05. The second kappa shape index (κ2) is 8.21. The number of carboxylic acids is 1. The summed E-state index contributed by atoms with van der Waals surface area (Å²) in [6.07, 6.45) is 4.04. The van der Waals surface area contributed by atoms with E-state index in [2.05, 4.69) is 4.98 Å². The lowest BCUT2D eigenvalue weighted by molar-refractivity contribution is -0.384. The Hall–Kier alpha value is -3.26. The number of aromatic nitrogens is 1. The van der Waals surface area contributed by atoms with Gasteiger partial charge in [0.1, 0.15) is 5.02 Å². The average Bonchev–Trinajstić information content (AvgIpc) is 2.60. The highest BCUT2D eigenvalue weighted by atomic mass is 35.5. The van der Waals surface area contributed by atoms with Crippen molar-refractivity contribution in [1.29, 1.82) is 0 Å². The predicted octanol–water partition coefficient (Wildman–Crippen LogP) is 3.69. The number of nitrogens with zero attached hydrogens (tertiary/aromatic N) is 2. The van der Waals surface area contributed by atoms with Gasteiger partial charge < -0.3 is 9.84 Å². The van der Waals surface area contributed by atoms with Crippen LogP contribution in [-0.4, -0.2) is 33.6 Å². The molecule has 0 saturated heterocycles. The zero-order valence-electron chi connectivity index (χ0n) is 13.5. The molecule has 0 fully saturated rings. The number of benzene rings is 1. The van der Waals surface area contributed by atoms with Crippen LogP contribution in [-0.2, 0) is 4.74 Å². The number of halogens is 1. The minimum Gasteiger partial charge on any atom is -0.478 e. The Morgan fingerprint density at radius 3 is 2.69 bits per heavy atom. The number of carbonyl (C=O) groups is 2. The molecular weight excluding hydrogens is 364 g/mol. The first kappa shape index (κ1) is 19.1. The summed E-state index contributed by atoms with van der Waals surface area (Å²) in [5.41, 5.74) is 0.0774. The van der Waals surface area contributed by atoms with Gasteiger partial charge >= 0.3 is 11.9 Å². The third kappa shape index (κ3) is 4.42. The molecule has 134 valence electrons. The lowest BCUT2D eigenvalue weighted by Gasteiger charge is -2.05. The van der Waals surface area contributed by atoms with Crippen LogP contribution < -0.4 is 0 Å². The highest BCUT2D eigenvalue weighted by Crippen LogP contribution is 2.26. The quantitative estimate of drug-likeness (QED) is 0.463. The number of nitro groups is 1. The standard InChI is InChI=1S/C17H13ClN2O6/c1-2-26-17(23)11-8-12(16(21)22)14(19-9-11)6-4-10-3-5-13(18)15(7-10)20(24)25/h3-9H,2H2,1H3,(H,21,22)/b6-4+. The molecule has 0 unspecified atom stereocenters. The Labute approximate surface area is 152 Å². The largest absolute Gasteiger partial charge is 0.478 e. The van der Waals surface area contributed by atoms with Gasteiger partial charge in [-0.1, -0.05) is 23.7 Å². The molecule has 0 aliphatic rings.